The fraction of sp³-hybridized carbons (Fsp3) is 0.462. The van der Waals surface area contributed by atoms with E-state index in [9.17, 15) is 13.2 Å². The molecule has 0 heterocycles. The Morgan fingerprint density at radius 2 is 1.84 bits per heavy atom. The lowest BCUT2D eigenvalue weighted by Crippen LogP contribution is -2.21. The van der Waals surface area contributed by atoms with Gasteiger partial charge in [-0.25, -0.2) is 0 Å². The Balaban J connectivity index is 3.14. The zero-order chi connectivity index (χ0) is 14.8. The fourth-order valence-corrected chi connectivity index (χ4v) is 1.42. The van der Waals surface area contributed by atoms with Crippen LogP contribution in [0.5, 0.6) is 5.75 Å². The van der Waals surface area contributed by atoms with Gasteiger partial charge in [0, 0.05) is 5.56 Å². The Labute approximate surface area is 110 Å². The van der Waals surface area contributed by atoms with E-state index in [4.69, 9.17) is 15.9 Å². The molecule has 0 aliphatic rings. The number of nitrogens with one attached hydrogen (secondary N) is 1. The molecule has 1 rings (SSSR count). The summed E-state index contributed by atoms with van der Waals surface area (Å²) in [6.45, 7) is 5.72. The van der Waals surface area contributed by atoms with Crippen molar-refractivity contribution in [3.63, 3.8) is 0 Å². The molecule has 0 fully saturated rings. The van der Waals surface area contributed by atoms with Gasteiger partial charge in [0.25, 0.3) is 0 Å². The van der Waals surface area contributed by atoms with Crippen LogP contribution in [0.4, 0.5) is 13.2 Å². The summed E-state index contributed by atoms with van der Waals surface area (Å²) in [5.41, 5.74) is 3.91. The molecule has 0 radical (unpaired) electrons. The third-order valence-corrected chi connectivity index (χ3v) is 2.85. The van der Waals surface area contributed by atoms with E-state index in [0.29, 0.717) is 0 Å². The molecule has 0 saturated carbocycles. The molecule has 1 atom stereocenters. The second kappa shape index (κ2) is 5.50. The summed E-state index contributed by atoms with van der Waals surface area (Å²) in [5, 5.41) is 7.24. The van der Waals surface area contributed by atoms with Crippen molar-refractivity contribution < 1.29 is 17.9 Å². The number of ether oxygens (including phenoxy) is 1. The first-order valence-electron chi connectivity index (χ1n) is 5.85. The molecule has 0 saturated heterocycles. The quantitative estimate of drug-likeness (QED) is 0.653. The summed E-state index contributed by atoms with van der Waals surface area (Å²) in [5.74, 6) is -0.127. The Hall–Kier alpha value is -1.72. The fourth-order valence-electron chi connectivity index (χ4n) is 1.42. The minimum Gasteiger partial charge on any atom is -0.490 e. The van der Waals surface area contributed by atoms with Gasteiger partial charge in [-0.15, -0.1) is 0 Å². The first-order chi connectivity index (χ1) is 8.62. The van der Waals surface area contributed by atoms with Crippen molar-refractivity contribution in [1.29, 1.82) is 5.41 Å². The van der Waals surface area contributed by atoms with Gasteiger partial charge in [0.2, 0.25) is 0 Å². The summed E-state index contributed by atoms with van der Waals surface area (Å²) in [7, 11) is 0. The molecule has 3 nitrogen and oxygen atoms in total. The monoisotopic (exact) mass is 274 g/mol. The Morgan fingerprint density at radius 1 is 1.26 bits per heavy atom. The van der Waals surface area contributed by atoms with Crippen molar-refractivity contribution in [2.24, 2.45) is 11.7 Å². The molecule has 1 aromatic rings. The van der Waals surface area contributed by atoms with E-state index in [2.05, 4.69) is 0 Å². The number of benzene rings is 1. The first-order valence-corrected chi connectivity index (χ1v) is 5.85. The number of nitrogens with two attached hydrogens (primary N) is 1. The average molecular weight is 274 g/mol. The minimum atomic E-state index is -4.54. The second-order valence-electron chi connectivity index (χ2n) is 4.69. The summed E-state index contributed by atoms with van der Waals surface area (Å²) in [6, 6.07) is 3.29. The molecule has 0 aromatic heterocycles. The van der Waals surface area contributed by atoms with Crippen LogP contribution in [0.2, 0.25) is 0 Å². The van der Waals surface area contributed by atoms with Crippen LogP contribution in [0.15, 0.2) is 18.2 Å². The maximum atomic E-state index is 12.7. The van der Waals surface area contributed by atoms with Gasteiger partial charge < -0.3 is 10.5 Å². The highest BCUT2D eigenvalue weighted by molar-refractivity contribution is 5.97. The number of alkyl halides is 3. The molecule has 19 heavy (non-hydrogen) atoms. The number of amidine groups is 1. The summed E-state index contributed by atoms with van der Waals surface area (Å²) in [6.07, 6.45) is -4.68. The van der Waals surface area contributed by atoms with E-state index in [1.165, 1.54) is 6.07 Å². The standard InChI is InChI=1S/C13H17F3N2O/c1-7(2)8(3)19-9-4-5-11(13(14,15)16)10(6-9)12(17)18/h4-8H,1-3H3,(H3,17,18). The van der Waals surface area contributed by atoms with Gasteiger partial charge in [-0.05, 0) is 31.0 Å². The number of halogens is 3. The van der Waals surface area contributed by atoms with Gasteiger partial charge >= 0.3 is 6.18 Å². The smallest absolute Gasteiger partial charge is 0.417 e. The second-order valence-corrected chi connectivity index (χ2v) is 4.69. The average Bonchev–Trinajstić information content (AvgIpc) is 2.27. The van der Waals surface area contributed by atoms with Gasteiger partial charge in [0.1, 0.15) is 11.6 Å². The lowest BCUT2D eigenvalue weighted by molar-refractivity contribution is -0.137. The van der Waals surface area contributed by atoms with E-state index in [1.807, 2.05) is 20.8 Å². The molecular formula is C13H17F3N2O. The number of hydrogen-bond acceptors (Lipinski definition) is 2. The maximum Gasteiger partial charge on any atom is 0.417 e. The third-order valence-electron chi connectivity index (χ3n) is 2.85. The van der Waals surface area contributed by atoms with E-state index < -0.39 is 17.6 Å². The zero-order valence-electron chi connectivity index (χ0n) is 11.0. The molecule has 0 bridgehead atoms. The van der Waals surface area contributed by atoms with E-state index in [0.717, 1.165) is 12.1 Å². The van der Waals surface area contributed by atoms with Crippen molar-refractivity contribution in [1.82, 2.24) is 0 Å². The molecular weight excluding hydrogens is 257 g/mol. The van der Waals surface area contributed by atoms with Crippen molar-refractivity contribution >= 4 is 5.84 Å². The topological polar surface area (TPSA) is 59.1 Å². The van der Waals surface area contributed by atoms with Crippen molar-refractivity contribution in [2.45, 2.75) is 33.1 Å². The van der Waals surface area contributed by atoms with E-state index in [-0.39, 0.29) is 23.3 Å². The molecule has 0 amide bonds. The van der Waals surface area contributed by atoms with Crippen LogP contribution in [-0.4, -0.2) is 11.9 Å². The summed E-state index contributed by atoms with van der Waals surface area (Å²) >= 11 is 0. The lowest BCUT2D eigenvalue weighted by Gasteiger charge is -2.19. The highest BCUT2D eigenvalue weighted by Gasteiger charge is 2.34. The van der Waals surface area contributed by atoms with Crippen LogP contribution in [-0.2, 0) is 6.18 Å². The molecule has 106 valence electrons. The SMILES string of the molecule is CC(C)C(C)Oc1ccc(C(F)(F)F)c(C(=N)N)c1. The normalized spacial score (nSPS) is 13.4. The van der Waals surface area contributed by atoms with Crippen LogP contribution in [0.1, 0.15) is 31.9 Å². The van der Waals surface area contributed by atoms with E-state index >= 15 is 0 Å². The van der Waals surface area contributed by atoms with Crippen molar-refractivity contribution in [2.75, 3.05) is 0 Å². The van der Waals surface area contributed by atoms with E-state index in [1.54, 1.807) is 0 Å². The van der Waals surface area contributed by atoms with Crippen molar-refractivity contribution in [3.05, 3.63) is 29.3 Å². The van der Waals surface area contributed by atoms with Gasteiger partial charge in [0.15, 0.2) is 0 Å². The zero-order valence-corrected chi connectivity index (χ0v) is 11.0. The van der Waals surface area contributed by atoms with Crippen LogP contribution < -0.4 is 10.5 Å². The first kappa shape index (κ1) is 15.3. The molecule has 6 heteroatoms. The molecule has 0 spiro atoms. The Bertz CT molecular complexity index is 469. The van der Waals surface area contributed by atoms with Gasteiger partial charge in [0.05, 0.1) is 11.7 Å². The van der Waals surface area contributed by atoms with Crippen molar-refractivity contribution in [3.8, 4) is 5.75 Å². The molecule has 3 N–H and O–H groups in total. The summed E-state index contributed by atoms with van der Waals surface area (Å²) in [4.78, 5) is 0. The van der Waals surface area contributed by atoms with Gasteiger partial charge in [-0.3, -0.25) is 5.41 Å². The van der Waals surface area contributed by atoms with Crippen LogP contribution in [0.3, 0.4) is 0 Å². The predicted molar refractivity (Wildman–Crippen MR) is 67.4 cm³/mol. The number of rotatable bonds is 4. The van der Waals surface area contributed by atoms with Crippen LogP contribution >= 0.6 is 0 Å². The number of hydrogen-bond donors (Lipinski definition) is 2. The minimum absolute atomic E-state index is 0.142. The van der Waals surface area contributed by atoms with Gasteiger partial charge in [-0.1, -0.05) is 13.8 Å². The largest absolute Gasteiger partial charge is 0.490 e. The Kier molecular flexibility index (Phi) is 4.44. The molecule has 1 aromatic carbocycles. The summed E-state index contributed by atoms with van der Waals surface area (Å²) < 4.78 is 43.7. The third kappa shape index (κ3) is 3.87. The highest BCUT2D eigenvalue weighted by atomic mass is 19.4. The lowest BCUT2D eigenvalue weighted by atomic mass is 10.1. The molecule has 0 aliphatic carbocycles. The van der Waals surface area contributed by atoms with Gasteiger partial charge in [-0.2, -0.15) is 13.2 Å². The highest BCUT2D eigenvalue weighted by Crippen LogP contribution is 2.34. The van der Waals surface area contributed by atoms with Crippen LogP contribution in [0.25, 0.3) is 0 Å². The Morgan fingerprint density at radius 3 is 2.26 bits per heavy atom. The maximum absolute atomic E-state index is 12.7. The van der Waals surface area contributed by atoms with Crippen LogP contribution in [0, 0.1) is 11.3 Å². The molecule has 0 aliphatic heterocycles. The number of nitrogen functional groups attached to an aromatic ring is 1. The predicted octanol–water partition coefficient (Wildman–Crippen LogP) is 3.41. The molecule has 1 unspecified atom stereocenters.